The highest BCUT2D eigenvalue weighted by Gasteiger charge is 1.99. The summed E-state index contributed by atoms with van der Waals surface area (Å²) in [5, 5.41) is 0. The maximum absolute atomic E-state index is 13.2. The predicted octanol–water partition coefficient (Wildman–Crippen LogP) is 2.95. The molecule has 0 heterocycles. The topological polar surface area (TPSA) is 26.0 Å². The van der Waals surface area contributed by atoms with Gasteiger partial charge in [-0.3, -0.25) is 0 Å². The summed E-state index contributed by atoms with van der Waals surface area (Å²) in [6.45, 7) is 2.33. The average Bonchev–Trinajstić information content (AvgIpc) is 2.11. The van der Waals surface area contributed by atoms with Crippen LogP contribution in [-0.4, -0.2) is 6.54 Å². The lowest BCUT2D eigenvalue weighted by atomic mass is 10.1. The molecule has 0 fully saturated rings. The van der Waals surface area contributed by atoms with E-state index in [9.17, 15) is 4.39 Å². The zero-order valence-electron chi connectivity index (χ0n) is 7.35. The molecular weight excluding hydrogens is 233 g/mol. The Labute approximate surface area is 85.6 Å². The highest BCUT2D eigenvalue weighted by atomic mass is 79.9. The minimum atomic E-state index is -0.226. The van der Waals surface area contributed by atoms with Crippen LogP contribution in [0.5, 0.6) is 0 Å². The summed E-state index contributed by atoms with van der Waals surface area (Å²) in [4.78, 5) is 0. The minimum absolute atomic E-state index is 0.226. The summed E-state index contributed by atoms with van der Waals surface area (Å²) in [6.07, 6.45) is 1.75. The lowest BCUT2D eigenvalue weighted by Gasteiger charge is -2.00. The number of hydrogen-bond donors (Lipinski definition) is 1. The first-order valence-corrected chi connectivity index (χ1v) is 4.75. The second kappa shape index (κ2) is 4.53. The minimum Gasteiger partial charge on any atom is -0.327 e. The van der Waals surface area contributed by atoms with E-state index in [0.717, 1.165) is 10.0 Å². The van der Waals surface area contributed by atoms with Crippen molar-refractivity contribution in [1.29, 1.82) is 0 Å². The Hall–Kier alpha value is -0.670. The molecule has 70 valence electrons. The number of nitrogens with two attached hydrogens (primary N) is 1. The van der Waals surface area contributed by atoms with E-state index < -0.39 is 0 Å². The van der Waals surface area contributed by atoms with Crippen molar-refractivity contribution in [2.24, 2.45) is 5.73 Å². The molecule has 2 N–H and O–H groups in total. The number of rotatable bonds is 2. The fraction of sp³-hybridized carbons (Fsp3) is 0.200. The Balaban J connectivity index is 3.07. The van der Waals surface area contributed by atoms with Gasteiger partial charge in [-0.25, -0.2) is 4.39 Å². The Morgan fingerprint density at radius 3 is 2.92 bits per heavy atom. The lowest BCUT2D eigenvalue weighted by molar-refractivity contribution is 0.624. The first-order valence-electron chi connectivity index (χ1n) is 3.96. The van der Waals surface area contributed by atoms with Crippen LogP contribution in [0.15, 0.2) is 28.2 Å². The van der Waals surface area contributed by atoms with Crippen LogP contribution in [0.3, 0.4) is 0 Å². The van der Waals surface area contributed by atoms with Gasteiger partial charge in [0.15, 0.2) is 0 Å². The molecule has 1 aromatic rings. The van der Waals surface area contributed by atoms with Crippen LogP contribution in [0, 0.1) is 5.82 Å². The van der Waals surface area contributed by atoms with Crippen LogP contribution in [-0.2, 0) is 0 Å². The van der Waals surface area contributed by atoms with E-state index in [1.165, 1.54) is 6.07 Å². The number of hydrogen-bond acceptors (Lipinski definition) is 1. The van der Waals surface area contributed by atoms with Crippen molar-refractivity contribution in [2.45, 2.75) is 6.92 Å². The van der Waals surface area contributed by atoms with Gasteiger partial charge >= 0.3 is 0 Å². The molecule has 3 heteroatoms. The highest BCUT2D eigenvalue weighted by Crippen LogP contribution is 2.17. The van der Waals surface area contributed by atoms with Crippen molar-refractivity contribution < 1.29 is 4.39 Å². The third-order valence-corrected chi connectivity index (χ3v) is 2.18. The molecule has 0 bridgehead atoms. The van der Waals surface area contributed by atoms with Gasteiger partial charge in [-0.2, -0.15) is 0 Å². The molecule has 13 heavy (non-hydrogen) atoms. The van der Waals surface area contributed by atoms with Gasteiger partial charge in [0.25, 0.3) is 0 Å². The van der Waals surface area contributed by atoms with Gasteiger partial charge in [-0.05, 0) is 25.1 Å². The molecule has 0 aromatic heterocycles. The summed E-state index contributed by atoms with van der Waals surface area (Å²) in [7, 11) is 0. The molecule has 0 saturated carbocycles. The maximum atomic E-state index is 13.2. The van der Waals surface area contributed by atoms with E-state index in [1.54, 1.807) is 18.2 Å². The first-order chi connectivity index (χ1) is 6.13. The van der Waals surface area contributed by atoms with Crippen LogP contribution >= 0.6 is 15.9 Å². The highest BCUT2D eigenvalue weighted by molar-refractivity contribution is 9.10. The summed E-state index contributed by atoms with van der Waals surface area (Å²) < 4.78 is 14.0. The maximum Gasteiger partial charge on any atom is 0.130 e. The molecule has 0 aliphatic rings. The molecule has 0 atom stereocenters. The van der Waals surface area contributed by atoms with Crippen molar-refractivity contribution in [1.82, 2.24) is 0 Å². The second-order valence-electron chi connectivity index (χ2n) is 2.86. The Bertz CT molecular complexity index is 334. The molecule has 0 unspecified atom stereocenters. The zero-order chi connectivity index (χ0) is 9.84. The Morgan fingerprint density at radius 2 is 2.31 bits per heavy atom. The van der Waals surface area contributed by atoms with Crippen molar-refractivity contribution in [2.75, 3.05) is 6.54 Å². The van der Waals surface area contributed by atoms with Crippen LogP contribution in [0.4, 0.5) is 4.39 Å². The van der Waals surface area contributed by atoms with Gasteiger partial charge in [0.2, 0.25) is 0 Å². The quantitative estimate of drug-likeness (QED) is 0.850. The van der Waals surface area contributed by atoms with Crippen LogP contribution in [0.1, 0.15) is 12.5 Å². The molecule has 0 amide bonds. The molecule has 0 aliphatic carbocycles. The summed E-state index contributed by atoms with van der Waals surface area (Å²) in [5.74, 6) is -0.226. The van der Waals surface area contributed by atoms with Gasteiger partial charge in [0, 0.05) is 16.6 Å². The molecule has 0 saturated heterocycles. The van der Waals surface area contributed by atoms with E-state index >= 15 is 0 Å². The average molecular weight is 244 g/mol. The zero-order valence-corrected chi connectivity index (χ0v) is 8.94. The van der Waals surface area contributed by atoms with Crippen LogP contribution < -0.4 is 5.73 Å². The molecular formula is C10H11BrFN. The van der Waals surface area contributed by atoms with Gasteiger partial charge in [-0.15, -0.1) is 0 Å². The van der Waals surface area contributed by atoms with Crippen LogP contribution in [0.25, 0.3) is 6.08 Å². The SMILES string of the molecule is CC(=Cc1cc(Br)ccc1F)CN. The second-order valence-corrected chi connectivity index (χ2v) is 3.78. The van der Waals surface area contributed by atoms with E-state index in [0.29, 0.717) is 12.1 Å². The fourth-order valence-electron chi connectivity index (χ4n) is 0.950. The van der Waals surface area contributed by atoms with Crippen molar-refractivity contribution in [3.8, 4) is 0 Å². The molecule has 0 aliphatic heterocycles. The lowest BCUT2D eigenvalue weighted by Crippen LogP contribution is -1.99. The summed E-state index contributed by atoms with van der Waals surface area (Å²) in [5.41, 5.74) is 6.93. The standard InChI is InChI=1S/C10H11BrFN/c1-7(6-13)4-8-5-9(11)2-3-10(8)12/h2-5H,6,13H2,1H3. The molecule has 1 aromatic carbocycles. The Kier molecular flexibility index (Phi) is 3.63. The molecule has 1 nitrogen and oxygen atoms in total. The Morgan fingerprint density at radius 1 is 1.62 bits per heavy atom. The van der Waals surface area contributed by atoms with Gasteiger partial charge in [0.05, 0.1) is 0 Å². The summed E-state index contributed by atoms with van der Waals surface area (Å²) >= 11 is 3.28. The van der Waals surface area contributed by atoms with E-state index in [-0.39, 0.29) is 5.82 Å². The molecule has 0 spiro atoms. The monoisotopic (exact) mass is 243 g/mol. The van der Waals surface area contributed by atoms with E-state index in [2.05, 4.69) is 15.9 Å². The van der Waals surface area contributed by atoms with Crippen molar-refractivity contribution in [3.63, 3.8) is 0 Å². The van der Waals surface area contributed by atoms with Crippen molar-refractivity contribution >= 4 is 22.0 Å². The fourth-order valence-corrected chi connectivity index (χ4v) is 1.33. The molecule has 0 radical (unpaired) electrons. The third-order valence-electron chi connectivity index (χ3n) is 1.68. The van der Waals surface area contributed by atoms with Crippen molar-refractivity contribution in [3.05, 3.63) is 39.6 Å². The third kappa shape index (κ3) is 2.94. The predicted molar refractivity (Wildman–Crippen MR) is 56.8 cm³/mol. The first kappa shape index (κ1) is 10.4. The van der Waals surface area contributed by atoms with E-state index in [1.807, 2.05) is 6.92 Å². The molecule has 1 rings (SSSR count). The van der Waals surface area contributed by atoms with Gasteiger partial charge in [0.1, 0.15) is 5.82 Å². The van der Waals surface area contributed by atoms with Gasteiger partial charge in [-0.1, -0.05) is 27.6 Å². The van der Waals surface area contributed by atoms with Gasteiger partial charge < -0.3 is 5.73 Å². The van der Waals surface area contributed by atoms with Crippen LogP contribution in [0.2, 0.25) is 0 Å². The number of halogens is 2. The normalized spacial score (nSPS) is 11.8. The summed E-state index contributed by atoms with van der Waals surface area (Å²) in [6, 6.07) is 4.83. The largest absolute Gasteiger partial charge is 0.327 e. The van der Waals surface area contributed by atoms with E-state index in [4.69, 9.17) is 5.73 Å². The number of benzene rings is 1. The smallest absolute Gasteiger partial charge is 0.130 e.